The normalized spacial score (nSPS) is 43.3. The molecule has 1 aromatic rings. The molecule has 0 aromatic heterocycles. The molecule has 318 valence electrons. The zero-order valence-corrected chi connectivity index (χ0v) is 34.8. The third-order valence-electron chi connectivity index (χ3n) is 11.5. The molecule has 3 aliphatic rings. The number of cyclic esters (lactones) is 2. The van der Waals surface area contributed by atoms with Crippen LogP contribution >= 0.6 is 0 Å². The number of aldehydes is 1. The molecule has 3 aliphatic heterocycles. The summed E-state index contributed by atoms with van der Waals surface area (Å²) in [5, 5.41) is 34.9. The number of rotatable bonds is 10. The van der Waals surface area contributed by atoms with E-state index in [0.29, 0.717) is 6.29 Å². The van der Waals surface area contributed by atoms with E-state index in [1.807, 2.05) is 0 Å². The van der Waals surface area contributed by atoms with Crippen molar-refractivity contribution in [2.45, 2.75) is 171 Å². The number of hydrogen-bond donors (Lipinski definition) is 4. The lowest BCUT2D eigenvalue weighted by molar-refractivity contribution is -0.315. The van der Waals surface area contributed by atoms with Crippen molar-refractivity contribution in [1.29, 1.82) is 0 Å². The summed E-state index contributed by atoms with van der Waals surface area (Å²) in [6.45, 7) is 14.1. The number of benzene rings is 1. The number of aliphatic hydroxyl groups is 3. The first kappa shape index (κ1) is 46.1. The molecule has 16 atom stereocenters. The first-order chi connectivity index (χ1) is 26.0. The van der Waals surface area contributed by atoms with Gasteiger partial charge in [0.15, 0.2) is 18.9 Å². The second-order valence-electron chi connectivity index (χ2n) is 16.3. The zero-order chi connectivity index (χ0) is 42.0. The van der Waals surface area contributed by atoms with Crippen molar-refractivity contribution in [1.82, 2.24) is 4.72 Å². The maximum Gasteiger partial charge on any atom is 0.311 e. The number of nitrogens with one attached hydrogen (secondary N) is 1. The summed E-state index contributed by atoms with van der Waals surface area (Å²) < 4.78 is 71.7. The molecule has 1 aromatic carbocycles. The van der Waals surface area contributed by atoms with Crippen LogP contribution in [-0.4, -0.2) is 127 Å². The Morgan fingerprint density at radius 1 is 0.964 bits per heavy atom. The van der Waals surface area contributed by atoms with Crippen molar-refractivity contribution in [3.8, 4) is 0 Å². The van der Waals surface area contributed by atoms with E-state index in [1.54, 1.807) is 52.8 Å². The summed E-state index contributed by atoms with van der Waals surface area (Å²) in [6.07, 6.45) is -10.0. The topological polar surface area (TPSA) is 223 Å². The fourth-order valence-electron chi connectivity index (χ4n) is 8.06. The maximum atomic E-state index is 14.1. The minimum absolute atomic E-state index is 0.00956. The molecule has 0 amide bonds. The highest BCUT2D eigenvalue weighted by atomic mass is 32.2. The smallest absolute Gasteiger partial charge is 0.311 e. The average Bonchev–Trinajstić information content (AvgIpc) is 3.14. The summed E-state index contributed by atoms with van der Waals surface area (Å²) in [5.41, 5.74) is -4.94. The molecule has 56 heavy (non-hydrogen) atoms. The average molecular weight is 816 g/mol. The Bertz CT molecular complexity index is 1610. The van der Waals surface area contributed by atoms with Crippen molar-refractivity contribution in [2.24, 2.45) is 17.8 Å². The van der Waals surface area contributed by atoms with Crippen LogP contribution in [0, 0.1) is 17.8 Å². The quantitative estimate of drug-likeness (QED) is 0.197. The summed E-state index contributed by atoms with van der Waals surface area (Å²) in [4.78, 5) is 40.1. The third kappa shape index (κ3) is 10.2. The van der Waals surface area contributed by atoms with Gasteiger partial charge in [0, 0.05) is 19.4 Å². The molecular weight excluding hydrogens is 754 g/mol. The molecule has 3 saturated heterocycles. The zero-order valence-electron chi connectivity index (χ0n) is 33.9. The van der Waals surface area contributed by atoms with Gasteiger partial charge in [-0.1, -0.05) is 39.0 Å². The van der Waals surface area contributed by atoms with E-state index < -0.39 is 118 Å². The number of hydrogen-bond acceptors (Lipinski definition) is 15. The number of esters is 2. The number of aliphatic hydroxyl groups excluding tert-OH is 2. The van der Waals surface area contributed by atoms with Crippen LogP contribution in [-0.2, 0) is 57.6 Å². The fraction of sp³-hybridized carbons (Fsp3) is 0.769. The molecule has 3 fully saturated rings. The van der Waals surface area contributed by atoms with Gasteiger partial charge in [0.1, 0.15) is 18.3 Å². The highest BCUT2D eigenvalue weighted by Crippen LogP contribution is 2.40. The van der Waals surface area contributed by atoms with Gasteiger partial charge in [0.25, 0.3) is 0 Å². The predicted molar refractivity (Wildman–Crippen MR) is 199 cm³/mol. The number of ether oxygens (including phenoxy) is 7. The van der Waals surface area contributed by atoms with Crippen LogP contribution in [0.5, 0.6) is 0 Å². The Morgan fingerprint density at radius 2 is 1.61 bits per heavy atom. The monoisotopic (exact) mass is 815 g/mol. The highest BCUT2D eigenvalue weighted by Gasteiger charge is 2.53. The van der Waals surface area contributed by atoms with Gasteiger partial charge >= 0.3 is 11.9 Å². The molecule has 0 bridgehead atoms. The van der Waals surface area contributed by atoms with Crippen LogP contribution < -0.4 is 4.72 Å². The summed E-state index contributed by atoms with van der Waals surface area (Å²) >= 11 is 0. The van der Waals surface area contributed by atoms with Gasteiger partial charge in [-0.2, -0.15) is 0 Å². The van der Waals surface area contributed by atoms with E-state index in [9.17, 15) is 38.1 Å². The minimum Gasteiger partial charge on any atom is -0.457 e. The SMILES string of the molecule is CC[C@@H]1OC(=O)[C@H](C)[C@H](O[C@H]2C[C@@](C)(OC)[C@@H](O)[C@H](C)O2)[C@H](C)[C@@H](O[C@@H]2O[C@H](C)C[C@H](NS(=O)(=O)c3ccccc3)[C@H]2O)[C@](C)(O)C[C@@H](C)C(=O)O[C@]1(C)C=O. The molecule has 0 aliphatic carbocycles. The standard InChI is InChI=1S/C39H61NO15S/c1-11-28-39(9,20-41)55-34(44)21(2)18-37(7,46)33(54-36-30(42)27(17-22(3)50-36)40-56(47,48)26-15-13-12-14-16-26)23(4)31(24(5)35(45)52-28)53-29-19-38(8,49-10)32(43)25(6)51-29/h12-16,20-25,27-33,36,40,42-43,46H,11,17-19H2,1-10H3/t21-,22-,23+,24-,25+,27+,28+,29+,30-,31-,32+,33-,36+,37-,38-,39-/m1/s1. The van der Waals surface area contributed by atoms with Gasteiger partial charge in [0.2, 0.25) is 15.6 Å². The van der Waals surface area contributed by atoms with Crippen molar-refractivity contribution < 1.29 is 71.3 Å². The molecule has 4 N–H and O–H groups in total. The first-order valence-corrected chi connectivity index (χ1v) is 20.7. The van der Waals surface area contributed by atoms with Gasteiger partial charge in [-0.3, -0.25) is 14.4 Å². The lowest BCUT2D eigenvalue weighted by Crippen LogP contribution is -2.61. The molecular formula is C39H61NO15S. The van der Waals surface area contributed by atoms with E-state index in [1.165, 1.54) is 46.9 Å². The summed E-state index contributed by atoms with van der Waals surface area (Å²) in [5.74, 6) is -4.84. The fourth-order valence-corrected chi connectivity index (χ4v) is 9.34. The summed E-state index contributed by atoms with van der Waals surface area (Å²) in [7, 11) is -2.64. The number of carbonyl (C=O) groups excluding carboxylic acids is 3. The molecule has 3 heterocycles. The van der Waals surface area contributed by atoms with Gasteiger partial charge in [0.05, 0.1) is 58.4 Å². The van der Waals surface area contributed by atoms with Gasteiger partial charge in [-0.25, -0.2) is 13.1 Å². The van der Waals surface area contributed by atoms with E-state index in [-0.39, 0.29) is 30.6 Å². The molecule has 4 rings (SSSR count). The van der Waals surface area contributed by atoms with Crippen molar-refractivity contribution in [2.75, 3.05) is 7.11 Å². The van der Waals surface area contributed by atoms with Gasteiger partial charge in [-0.15, -0.1) is 0 Å². The lowest BCUT2D eigenvalue weighted by Gasteiger charge is -2.48. The second kappa shape index (κ2) is 18.1. The molecule has 17 heteroatoms. The Labute approximate surface area is 329 Å². The van der Waals surface area contributed by atoms with E-state index in [4.69, 9.17) is 33.2 Å². The largest absolute Gasteiger partial charge is 0.457 e. The van der Waals surface area contributed by atoms with Crippen molar-refractivity contribution >= 4 is 28.2 Å². The van der Waals surface area contributed by atoms with E-state index in [2.05, 4.69) is 4.72 Å². The summed E-state index contributed by atoms with van der Waals surface area (Å²) in [6, 6.07) is 6.58. The Hall–Kier alpha value is -2.58. The van der Waals surface area contributed by atoms with E-state index in [0.717, 1.165) is 0 Å². The maximum absolute atomic E-state index is 14.1. The molecule has 16 nitrogen and oxygen atoms in total. The van der Waals surface area contributed by atoms with Gasteiger partial charge < -0.3 is 48.5 Å². The van der Waals surface area contributed by atoms with Crippen LogP contribution in [0.15, 0.2) is 35.2 Å². The Balaban J connectivity index is 1.79. The lowest BCUT2D eigenvalue weighted by atomic mass is 9.77. The highest BCUT2D eigenvalue weighted by molar-refractivity contribution is 7.89. The number of methoxy groups -OCH3 is 1. The Kier molecular flexibility index (Phi) is 14.9. The van der Waals surface area contributed by atoms with Crippen LogP contribution in [0.3, 0.4) is 0 Å². The van der Waals surface area contributed by atoms with Crippen molar-refractivity contribution in [3.63, 3.8) is 0 Å². The molecule has 0 unspecified atom stereocenters. The molecule has 0 saturated carbocycles. The van der Waals surface area contributed by atoms with Crippen LogP contribution in [0.1, 0.15) is 88.0 Å². The molecule has 0 spiro atoms. The number of sulfonamides is 1. The number of carbonyl (C=O) groups is 3. The van der Waals surface area contributed by atoms with Crippen LogP contribution in [0.2, 0.25) is 0 Å². The van der Waals surface area contributed by atoms with Crippen LogP contribution in [0.25, 0.3) is 0 Å². The van der Waals surface area contributed by atoms with Crippen LogP contribution in [0.4, 0.5) is 0 Å². The van der Waals surface area contributed by atoms with E-state index >= 15 is 0 Å². The second-order valence-corrected chi connectivity index (χ2v) is 18.1. The van der Waals surface area contributed by atoms with Gasteiger partial charge in [-0.05, 0) is 72.9 Å². The third-order valence-corrected chi connectivity index (χ3v) is 13.0. The predicted octanol–water partition coefficient (Wildman–Crippen LogP) is 2.39. The van der Waals surface area contributed by atoms with Crippen molar-refractivity contribution in [3.05, 3.63) is 30.3 Å². The minimum atomic E-state index is -4.09. The first-order valence-electron chi connectivity index (χ1n) is 19.2. The molecule has 0 radical (unpaired) electrons. The Morgan fingerprint density at radius 3 is 2.20 bits per heavy atom.